The predicted octanol–water partition coefficient (Wildman–Crippen LogP) is 1.24. The highest BCUT2D eigenvalue weighted by molar-refractivity contribution is 7.38. The van der Waals surface area contributed by atoms with Crippen molar-refractivity contribution in [3.8, 4) is 0 Å². The molecule has 0 aromatic carbocycles. The molecule has 1 atom stereocenters. The van der Waals surface area contributed by atoms with Gasteiger partial charge in [-0.3, -0.25) is 4.57 Å². The molecular formula is C7H17O4P. The van der Waals surface area contributed by atoms with Crippen LogP contribution in [0.5, 0.6) is 0 Å². The maximum Gasteiger partial charge on any atom is 0.194 e. The first-order valence-electron chi connectivity index (χ1n) is 4.03. The molecule has 0 aromatic heterocycles. The average Bonchev–Trinajstić information content (AvgIpc) is 1.85. The van der Waals surface area contributed by atoms with Crippen molar-refractivity contribution >= 4 is 8.03 Å². The molecule has 0 bridgehead atoms. The van der Waals surface area contributed by atoms with Gasteiger partial charge in [-0.1, -0.05) is 0 Å². The van der Waals surface area contributed by atoms with Gasteiger partial charge in [-0.05, 0) is 20.8 Å². The molecule has 4 nitrogen and oxygen atoms in total. The second-order valence-corrected chi connectivity index (χ2v) is 3.71. The minimum atomic E-state index is -2.54. The quantitative estimate of drug-likeness (QED) is 0.513. The van der Waals surface area contributed by atoms with Crippen LogP contribution in [0.15, 0.2) is 0 Å². The van der Waals surface area contributed by atoms with E-state index in [1.807, 2.05) is 13.8 Å². The molecule has 0 aliphatic rings. The largest absolute Gasteiger partial charge is 0.350 e. The molecule has 0 aliphatic carbocycles. The second kappa shape index (κ2) is 5.70. The molecule has 0 spiro atoms. The maximum absolute atomic E-state index is 10.6. The van der Waals surface area contributed by atoms with E-state index in [1.165, 1.54) is 0 Å². The van der Waals surface area contributed by atoms with E-state index in [2.05, 4.69) is 0 Å². The Morgan fingerprint density at radius 1 is 1.33 bits per heavy atom. The van der Waals surface area contributed by atoms with Crippen LogP contribution in [0.4, 0.5) is 0 Å². The summed E-state index contributed by atoms with van der Waals surface area (Å²) in [6, 6.07) is 0. The molecule has 0 saturated carbocycles. The van der Waals surface area contributed by atoms with Crippen molar-refractivity contribution in [1.29, 1.82) is 0 Å². The van der Waals surface area contributed by atoms with Gasteiger partial charge in [-0.25, -0.2) is 0 Å². The van der Waals surface area contributed by atoms with Crippen molar-refractivity contribution in [2.45, 2.75) is 26.6 Å². The molecule has 1 N–H and O–H groups in total. The van der Waals surface area contributed by atoms with Crippen LogP contribution in [-0.4, -0.2) is 30.1 Å². The van der Waals surface area contributed by atoms with E-state index >= 15 is 0 Å². The van der Waals surface area contributed by atoms with E-state index in [1.54, 1.807) is 6.92 Å². The van der Waals surface area contributed by atoms with E-state index in [0.717, 1.165) is 0 Å². The van der Waals surface area contributed by atoms with Gasteiger partial charge in [-0.15, -0.1) is 0 Å². The van der Waals surface area contributed by atoms with Crippen molar-refractivity contribution in [2.75, 3.05) is 19.4 Å². The standard InChI is InChI=1S/C7H17O4P/c1-4-10-7(3,11-5-2)6-12(8)9/h12H,4-6H2,1-3H3,(H,8,9). The van der Waals surface area contributed by atoms with E-state index in [9.17, 15) is 4.57 Å². The maximum atomic E-state index is 10.6. The molecule has 0 saturated heterocycles. The molecule has 0 rings (SSSR count). The number of hydrogen-bond acceptors (Lipinski definition) is 3. The summed E-state index contributed by atoms with van der Waals surface area (Å²) in [5, 5.41) is 0. The van der Waals surface area contributed by atoms with Crippen molar-refractivity contribution < 1.29 is 18.9 Å². The molecule has 74 valence electrons. The highest BCUT2D eigenvalue weighted by Crippen LogP contribution is 2.25. The van der Waals surface area contributed by atoms with E-state index in [0.29, 0.717) is 13.2 Å². The van der Waals surface area contributed by atoms with Gasteiger partial charge in [0, 0.05) is 13.2 Å². The molecule has 0 aliphatic heterocycles. The molecule has 0 aromatic rings. The Balaban J connectivity index is 4.07. The van der Waals surface area contributed by atoms with Crippen LogP contribution >= 0.6 is 8.03 Å². The van der Waals surface area contributed by atoms with Gasteiger partial charge in [0.1, 0.15) is 0 Å². The van der Waals surface area contributed by atoms with Crippen LogP contribution in [0, 0.1) is 0 Å². The van der Waals surface area contributed by atoms with Crippen LogP contribution in [0.25, 0.3) is 0 Å². The molecule has 0 heterocycles. The lowest BCUT2D eigenvalue weighted by atomic mass is 10.4. The van der Waals surface area contributed by atoms with Crippen LogP contribution < -0.4 is 0 Å². The average molecular weight is 196 g/mol. The first-order chi connectivity index (χ1) is 5.54. The summed E-state index contributed by atoms with van der Waals surface area (Å²) in [7, 11) is -2.54. The van der Waals surface area contributed by atoms with E-state index in [-0.39, 0.29) is 6.16 Å². The Morgan fingerprint density at radius 3 is 2.00 bits per heavy atom. The minimum absolute atomic E-state index is 0.0549. The SMILES string of the molecule is CCOC(C)(C[PH](=O)O)OCC. The van der Waals surface area contributed by atoms with Crippen molar-refractivity contribution in [3.05, 3.63) is 0 Å². The highest BCUT2D eigenvalue weighted by Gasteiger charge is 2.26. The highest BCUT2D eigenvalue weighted by atomic mass is 31.1. The fraction of sp³-hybridized carbons (Fsp3) is 1.00. The summed E-state index contributed by atoms with van der Waals surface area (Å²) in [6.07, 6.45) is 0.0549. The predicted molar refractivity (Wildman–Crippen MR) is 47.7 cm³/mol. The van der Waals surface area contributed by atoms with E-state index < -0.39 is 13.8 Å². The topological polar surface area (TPSA) is 55.8 Å². The van der Waals surface area contributed by atoms with Crippen LogP contribution in [0.3, 0.4) is 0 Å². The Morgan fingerprint density at radius 2 is 1.75 bits per heavy atom. The van der Waals surface area contributed by atoms with Crippen molar-refractivity contribution in [3.63, 3.8) is 0 Å². The molecule has 1 unspecified atom stereocenters. The van der Waals surface area contributed by atoms with Gasteiger partial charge in [0.25, 0.3) is 0 Å². The number of rotatable bonds is 6. The first-order valence-corrected chi connectivity index (χ1v) is 5.60. The van der Waals surface area contributed by atoms with Crippen LogP contribution in [0.1, 0.15) is 20.8 Å². The lowest BCUT2D eigenvalue weighted by Gasteiger charge is -2.27. The summed E-state index contributed by atoms with van der Waals surface area (Å²) in [5.74, 6) is -0.895. The second-order valence-electron chi connectivity index (χ2n) is 2.57. The Hall–Kier alpha value is 0.110. The van der Waals surface area contributed by atoms with Crippen LogP contribution in [-0.2, 0) is 14.0 Å². The first kappa shape index (κ1) is 12.1. The fourth-order valence-corrected chi connectivity index (χ4v) is 1.78. The van der Waals surface area contributed by atoms with Gasteiger partial charge in [-0.2, -0.15) is 0 Å². The fourth-order valence-electron chi connectivity index (χ4n) is 1.03. The van der Waals surface area contributed by atoms with Crippen molar-refractivity contribution in [2.24, 2.45) is 0 Å². The Kier molecular flexibility index (Phi) is 5.76. The smallest absolute Gasteiger partial charge is 0.194 e. The summed E-state index contributed by atoms with van der Waals surface area (Å²) in [6.45, 7) is 6.29. The van der Waals surface area contributed by atoms with Gasteiger partial charge < -0.3 is 14.4 Å². The van der Waals surface area contributed by atoms with E-state index in [4.69, 9.17) is 14.4 Å². The third-order valence-corrected chi connectivity index (χ3v) is 2.32. The number of hydrogen-bond donors (Lipinski definition) is 1. The Labute approximate surface area is 73.7 Å². The zero-order chi connectivity index (χ0) is 9.61. The third kappa shape index (κ3) is 4.88. The van der Waals surface area contributed by atoms with Gasteiger partial charge in [0.05, 0.1) is 6.16 Å². The van der Waals surface area contributed by atoms with Gasteiger partial charge in [0.15, 0.2) is 13.8 Å². The third-order valence-electron chi connectivity index (χ3n) is 1.37. The summed E-state index contributed by atoms with van der Waals surface area (Å²) in [5.41, 5.74) is 0. The lowest BCUT2D eigenvalue weighted by molar-refractivity contribution is -0.205. The zero-order valence-corrected chi connectivity index (χ0v) is 8.79. The van der Waals surface area contributed by atoms with Gasteiger partial charge >= 0.3 is 0 Å². The minimum Gasteiger partial charge on any atom is -0.350 e. The summed E-state index contributed by atoms with van der Waals surface area (Å²) >= 11 is 0. The molecule has 0 amide bonds. The Bertz CT molecular complexity index is 142. The summed E-state index contributed by atoms with van der Waals surface area (Å²) < 4.78 is 21.0. The summed E-state index contributed by atoms with van der Waals surface area (Å²) in [4.78, 5) is 8.73. The molecule has 0 fully saturated rings. The van der Waals surface area contributed by atoms with Gasteiger partial charge in [0.2, 0.25) is 0 Å². The van der Waals surface area contributed by atoms with Crippen LogP contribution in [0.2, 0.25) is 0 Å². The zero-order valence-electron chi connectivity index (χ0n) is 7.79. The molecular weight excluding hydrogens is 179 g/mol. The number of ether oxygens (including phenoxy) is 2. The molecule has 0 radical (unpaired) electrons. The monoisotopic (exact) mass is 196 g/mol. The molecule has 12 heavy (non-hydrogen) atoms. The van der Waals surface area contributed by atoms with Crippen molar-refractivity contribution in [1.82, 2.24) is 0 Å². The lowest BCUT2D eigenvalue weighted by Crippen LogP contribution is -2.35. The molecule has 5 heteroatoms. The normalized spacial score (nSPS) is 14.7.